The number of hydrogen-bond acceptors (Lipinski definition) is 4. The molecule has 5 nitrogen and oxygen atoms in total. The first kappa shape index (κ1) is 15.1. The van der Waals surface area contributed by atoms with Crippen molar-refractivity contribution < 1.29 is 19.7 Å². The second-order valence-corrected chi connectivity index (χ2v) is 5.42. The highest BCUT2D eigenvalue weighted by molar-refractivity contribution is 6.30. The molecule has 1 saturated carbocycles. The number of benzene rings is 1. The van der Waals surface area contributed by atoms with Crippen LogP contribution in [0.4, 0.5) is 0 Å². The van der Waals surface area contributed by atoms with Gasteiger partial charge in [-0.3, -0.25) is 4.79 Å². The summed E-state index contributed by atoms with van der Waals surface area (Å²) in [6, 6.07) is 6.65. The molecule has 0 bridgehead atoms. The van der Waals surface area contributed by atoms with E-state index in [2.05, 4.69) is 5.32 Å². The number of aliphatic hydroxyl groups is 2. The van der Waals surface area contributed by atoms with Gasteiger partial charge >= 0.3 is 0 Å². The third-order valence-corrected chi connectivity index (χ3v) is 3.69. The van der Waals surface area contributed by atoms with Gasteiger partial charge in [-0.1, -0.05) is 11.6 Å². The Kier molecular flexibility index (Phi) is 5.23. The van der Waals surface area contributed by atoms with Gasteiger partial charge in [0, 0.05) is 23.6 Å². The summed E-state index contributed by atoms with van der Waals surface area (Å²) >= 11 is 5.75. The van der Waals surface area contributed by atoms with Crippen molar-refractivity contribution in [2.75, 3.05) is 13.2 Å². The van der Waals surface area contributed by atoms with E-state index in [1.54, 1.807) is 24.3 Å². The SMILES string of the molecule is O=C(COc1ccc(Cl)cc1)N[C@H]1C[C@H](CO)[C@@H](O)C1. The van der Waals surface area contributed by atoms with Gasteiger partial charge in [0.15, 0.2) is 6.61 Å². The number of carbonyl (C=O) groups excluding carboxylic acids is 1. The average Bonchev–Trinajstić information content (AvgIpc) is 2.78. The van der Waals surface area contributed by atoms with Crippen molar-refractivity contribution in [1.82, 2.24) is 5.32 Å². The molecule has 0 radical (unpaired) electrons. The maximum atomic E-state index is 11.7. The first-order valence-corrected chi connectivity index (χ1v) is 6.93. The summed E-state index contributed by atoms with van der Waals surface area (Å²) in [5.74, 6) is 0.178. The van der Waals surface area contributed by atoms with Crippen LogP contribution in [0.1, 0.15) is 12.8 Å². The van der Waals surface area contributed by atoms with Gasteiger partial charge < -0.3 is 20.3 Å². The van der Waals surface area contributed by atoms with Crippen LogP contribution in [0, 0.1) is 5.92 Å². The maximum Gasteiger partial charge on any atom is 0.258 e. The number of hydrogen-bond donors (Lipinski definition) is 3. The van der Waals surface area contributed by atoms with Crippen LogP contribution >= 0.6 is 11.6 Å². The number of amides is 1. The summed E-state index contributed by atoms with van der Waals surface area (Å²) in [6.07, 6.45) is 0.505. The fourth-order valence-electron chi connectivity index (χ4n) is 2.37. The molecule has 110 valence electrons. The predicted molar refractivity (Wildman–Crippen MR) is 74.7 cm³/mol. The lowest BCUT2D eigenvalue weighted by Gasteiger charge is -2.13. The average molecular weight is 300 g/mol. The Morgan fingerprint density at radius 1 is 1.35 bits per heavy atom. The summed E-state index contributed by atoms with van der Waals surface area (Å²) in [5, 5.41) is 22.1. The summed E-state index contributed by atoms with van der Waals surface area (Å²) in [6.45, 7) is -0.146. The highest BCUT2D eigenvalue weighted by Crippen LogP contribution is 2.25. The lowest BCUT2D eigenvalue weighted by Crippen LogP contribution is -2.36. The minimum Gasteiger partial charge on any atom is -0.484 e. The van der Waals surface area contributed by atoms with Crippen LogP contribution in [-0.2, 0) is 4.79 Å². The number of carbonyl (C=O) groups is 1. The van der Waals surface area contributed by atoms with E-state index in [1.165, 1.54) is 0 Å². The molecule has 1 aromatic carbocycles. The highest BCUT2D eigenvalue weighted by atomic mass is 35.5. The van der Waals surface area contributed by atoms with E-state index < -0.39 is 6.10 Å². The molecule has 20 heavy (non-hydrogen) atoms. The standard InChI is InChI=1S/C14H18ClNO4/c15-10-1-3-12(4-2-10)20-8-14(19)16-11-5-9(7-17)13(18)6-11/h1-4,9,11,13,17-18H,5-8H2,(H,16,19)/t9-,11+,13+/m1/s1. The smallest absolute Gasteiger partial charge is 0.258 e. The molecule has 1 aliphatic carbocycles. The normalized spacial score (nSPS) is 25.4. The summed E-state index contributed by atoms with van der Waals surface area (Å²) < 4.78 is 5.33. The van der Waals surface area contributed by atoms with Crippen molar-refractivity contribution in [3.8, 4) is 5.75 Å². The molecule has 0 unspecified atom stereocenters. The van der Waals surface area contributed by atoms with Crippen molar-refractivity contribution in [2.45, 2.75) is 25.0 Å². The number of halogens is 1. The monoisotopic (exact) mass is 299 g/mol. The topological polar surface area (TPSA) is 78.8 Å². The van der Waals surface area contributed by atoms with Crippen LogP contribution in [0.25, 0.3) is 0 Å². The maximum absolute atomic E-state index is 11.7. The predicted octanol–water partition coefficient (Wildman–Crippen LogP) is 0.967. The molecule has 2 rings (SSSR count). The Balaban J connectivity index is 1.74. The quantitative estimate of drug-likeness (QED) is 0.757. The Morgan fingerprint density at radius 3 is 2.65 bits per heavy atom. The fraction of sp³-hybridized carbons (Fsp3) is 0.500. The van der Waals surface area contributed by atoms with Gasteiger partial charge in [0.1, 0.15) is 5.75 Å². The van der Waals surface area contributed by atoms with Gasteiger partial charge in [-0.15, -0.1) is 0 Å². The van der Waals surface area contributed by atoms with Gasteiger partial charge in [-0.25, -0.2) is 0 Å². The lowest BCUT2D eigenvalue weighted by molar-refractivity contribution is -0.123. The molecule has 1 fully saturated rings. The molecular formula is C14H18ClNO4. The highest BCUT2D eigenvalue weighted by Gasteiger charge is 2.33. The van der Waals surface area contributed by atoms with Crippen molar-refractivity contribution in [1.29, 1.82) is 0 Å². The van der Waals surface area contributed by atoms with Gasteiger partial charge in [0.05, 0.1) is 6.10 Å². The Morgan fingerprint density at radius 2 is 2.05 bits per heavy atom. The molecule has 0 aliphatic heterocycles. The molecule has 0 saturated heterocycles. The van der Waals surface area contributed by atoms with Gasteiger partial charge in [0.2, 0.25) is 0 Å². The number of ether oxygens (including phenoxy) is 1. The lowest BCUT2D eigenvalue weighted by atomic mass is 10.1. The molecule has 1 aliphatic rings. The van der Waals surface area contributed by atoms with Gasteiger partial charge in [-0.2, -0.15) is 0 Å². The Labute approximate surface area is 122 Å². The minimum atomic E-state index is -0.553. The molecule has 0 aromatic heterocycles. The first-order valence-electron chi connectivity index (χ1n) is 6.55. The van der Waals surface area contributed by atoms with Crippen molar-refractivity contribution >= 4 is 17.5 Å². The van der Waals surface area contributed by atoms with Crippen LogP contribution in [-0.4, -0.2) is 41.5 Å². The van der Waals surface area contributed by atoms with Crippen LogP contribution in [0.2, 0.25) is 5.02 Å². The van der Waals surface area contributed by atoms with Crippen molar-refractivity contribution in [3.05, 3.63) is 29.3 Å². The van der Waals surface area contributed by atoms with E-state index in [0.717, 1.165) is 0 Å². The van der Waals surface area contributed by atoms with E-state index in [1.807, 2.05) is 0 Å². The first-order chi connectivity index (χ1) is 9.58. The molecule has 0 spiro atoms. The number of nitrogens with one attached hydrogen (secondary N) is 1. The van der Waals surface area contributed by atoms with Crippen LogP contribution in [0.5, 0.6) is 5.75 Å². The van der Waals surface area contributed by atoms with Gasteiger partial charge in [0.25, 0.3) is 5.91 Å². The van der Waals surface area contributed by atoms with Crippen molar-refractivity contribution in [3.63, 3.8) is 0 Å². The molecule has 1 amide bonds. The van der Waals surface area contributed by atoms with Gasteiger partial charge in [-0.05, 0) is 37.1 Å². The van der Waals surface area contributed by atoms with E-state index in [0.29, 0.717) is 23.6 Å². The zero-order valence-electron chi connectivity index (χ0n) is 11.0. The zero-order chi connectivity index (χ0) is 14.5. The van der Waals surface area contributed by atoms with Crippen LogP contribution < -0.4 is 10.1 Å². The van der Waals surface area contributed by atoms with E-state index >= 15 is 0 Å². The second kappa shape index (κ2) is 6.92. The van der Waals surface area contributed by atoms with E-state index in [9.17, 15) is 9.90 Å². The Bertz CT molecular complexity index is 451. The summed E-state index contributed by atoms with van der Waals surface area (Å²) in [7, 11) is 0. The molecule has 6 heteroatoms. The second-order valence-electron chi connectivity index (χ2n) is 4.99. The van der Waals surface area contributed by atoms with Crippen LogP contribution in [0.3, 0.4) is 0 Å². The molecular weight excluding hydrogens is 282 g/mol. The number of rotatable bonds is 5. The number of aliphatic hydroxyl groups excluding tert-OH is 2. The summed E-state index contributed by atoms with van der Waals surface area (Å²) in [4.78, 5) is 11.7. The third kappa shape index (κ3) is 4.10. The van der Waals surface area contributed by atoms with Crippen LogP contribution in [0.15, 0.2) is 24.3 Å². The molecule has 3 N–H and O–H groups in total. The van der Waals surface area contributed by atoms with E-state index in [4.69, 9.17) is 21.4 Å². The minimum absolute atomic E-state index is 0.0607. The summed E-state index contributed by atoms with van der Waals surface area (Å²) in [5.41, 5.74) is 0. The van der Waals surface area contributed by atoms with Crippen molar-refractivity contribution in [2.24, 2.45) is 5.92 Å². The Hall–Kier alpha value is -1.30. The largest absolute Gasteiger partial charge is 0.484 e. The molecule has 0 heterocycles. The fourth-order valence-corrected chi connectivity index (χ4v) is 2.49. The van der Waals surface area contributed by atoms with E-state index in [-0.39, 0.29) is 31.1 Å². The zero-order valence-corrected chi connectivity index (χ0v) is 11.7. The molecule has 3 atom stereocenters. The third-order valence-electron chi connectivity index (χ3n) is 3.44. The molecule has 1 aromatic rings.